The summed E-state index contributed by atoms with van der Waals surface area (Å²) in [6.45, 7) is 17.7. The van der Waals surface area contributed by atoms with Crippen LogP contribution >= 0.6 is 0 Å². The fraction of sp³-hybridized carbons (Fsp3) is 0.411. The first-order chi connectivity index (χ1) is 34.6. The number of hydrogen-bond acceptors (Lipinski definition) is 10. The number of aryl methyl sites for hydroxylation is 1. The Labute approximate surface area is 423 Å². The quantitative estimate of drug-likeness (QED) is 0.0621. The molecule has 1 fully saturated rings. The fourth-order valence-corrected chi connectivity index (χ4v) is 10.7. The van der Waals surface area contributed by atoms with Crippen molar-refractivity contribution in [2.45, 2.75) is 90.1 Å². The lowest BCUT2D eigenvalue weighted by atomic mass is 9.86. The number of anilines is 3. The molecule has 4 aromatic rings. The SMILES string of the molecule is C=C/C=C(\C=C/N(C)C1=CCNc2c1cc(C(C)N1CC=C(c3c(C)cc(C(=O)N4CCn5nc(CC6(O)CCN(c7ccc(NC(CCC)C(=O)NC=C)cc7F)CC6)cc5C4)cc3F)CC1)n2C)NC. The van der Waals surface area contributed by atoms with E-state index < -0.39 is 23.3 Å². The van der Waals surface area contributed by atoms with Gasteiger partial charge in [-0.2, -0.15) is 5.10 Å². The highest BCUT2D eigenvalue weighted by atomic mass is 19.1. The summed E-state index contributed by atoms with van der Waals surface area (Å²) in [7, 11) is 6.05. The highest BCUT2D eigenvalue weighted by Gasteiger charge is 2.36. The lowest BCUT2D eigenvalue weighted by Crippen LogP contribution is -2.46. The molecule has 1 saturated heterocycles. The number of carbonyl (C=O) groups is 2. The Morgan fingerprint density at radius 1 is 1.04 bits per heavy atom. The largest absolute Gasteiger partial charge is 0.389 e. The van der Waals surface area contributed by atoms with Crippen LogP contribution in [-0.4, -0.2) is 111 Å². The third-order valence-electron chi connectivity index (χ3n) is 14.7. The number of rotatable bonds is 18. The lowest BCUT2D eigenvalue weighted by molar-refractivity contribution is -0.121. The van der Waals surface area contributed by atoms with Crippen molar-refractivity contribution in [3.05, 3.63) is 155 Å². The van der Waals surface area contributed by atoms with E-state index in [-0.39, 0.29) is 17.9 Å². The smallest absolute Gasteiger partial charge is 0.254 e. The maximum atomic E-state index is 16.2. The van der Waals surface area contributed by atoms with E-state index in [0.717, 1.165) is 64.8 Å². The van der Waals surface area contributed by atoms with E-state index in [1.165, 1.54) is 24.0 Å². The van der Waals surface area contributed by atoms with Crippen LogP contribution in [0.25, 0.3) is 11.3 Å². The molecule has 2 amide bonds. The summed E-state index contributed by atoms with van der Waals surface area (Å²) in [6.07, 6.45) is 16.7. The molecule has 2 aromatic carbocycles. The topological polar surface area (TPSA) is 138 Å². The predicted octanol–water partition coefficient (Wildman–Crippen LogP) is 8.23. The molecule has 5 N–H and O–H groups in total. The Morgan fingerprint density at radius 2 is 1.83 bits per heavy atom. The summed E-state index contributed by atoms with van der Waals surface area (Å²) in [6, 6.07) is 11.9. The molecule has 2 aromatic heterocycles. The van der Waals surface area contributed by atoms with Crippen molar-refractivity contribution in [2.24, 2.45) is 7.05 Å². The van der Waals surface area contributed by atoms with Gasteiger partial charge in [0.15, 0.2) is 0 Å². The zero-order valence-corrected chi connectivity index (χ0v) is 42.7. The van der Waals surface area contributed by atoms with Gasteiger partial charge >= 0.3 is 0 Å². The molecule has 4 aliphatic heterocycles. The van der Waals surface area contributed by atoms with Crippen molar-refractivity contribution in [3.63, 3.8) is 0 Å². The summed E-state index contributed by atoms with van der Waals surface area (Å²) in [5.74, 6) is -0.167. The van der Waals surface area contributed by atoms with Gasteiger partial charge in [0.25, 0.3) is 5.91 Å². The minimum atomic E-state index is -1.03. The Balaban J connectivity index is 0.858. The fourth-order valence-electron chi connectivity index (χ4n) is 10.7. The summed E-state index contributed by atoms with van der Waals surface area (Å²) >= 11 is 0. The number of amides is 2. The number of nitrogens with zero attached hydrogens (tertiary/aromatic N) is 7. The molecule has 2 unspecified atom stereocenters. The molecule has 0 radical (unpaired) electrons. The maximum Gasteiger partial charge on any atom is 0.254 e. The number of allylic oxidation sites excluding steroid dienone is 3. The van der Waals surface area contributed by atoms with Crippen LogP contribution in [0.4, 0.5) is 26.0 Å². The first-order valence-electron chi connectivity index (χ1n) is 25.2. The highest BCUT2D eigenvalue weighted by molar-refractivity contribution is 5.95. The van der Waals surface area contributed by atoms with Crippen LogP contribution in [0, 0.1) is 18.6 Å². The van der Waals surface area contributed by atoms with E-state index in [9.17, 15) is 14.7 Å². The molecular formula is C56H71F2N11O3. The molecule has 4 aliphatic rings. The Morgan fingerprint density at radius 3 is 2.51 bits per heavy atom. The van der Waals surface area contributed by atoms with E-state index in [1.807, 2.05) is 54.8 Å². The van der Waals surface area contributed by atoms with Crippen LogP contribution in [0.1, 0.15) is 96.1 Å². The number of hydrogen-bond donors (Lipinski definition) is 5. The second-order valence-corrected chi connectivity index (χ2v) is 19.5. The van der Waals surface area contributed by atoms with Gasteiger partial charge in [-0.05, 0) is 118 Å². The molecule has 6 heterocycles. The molecule has 382 valence electrons. The van der Waals surface area contributed by atoms with E-state index in [1.54, 1.807) is 23.1 Å². The van der Waals surface area contributed by atoms with Gasteiger partial charge in [0.1, 0.15) is 23.5 Å². The minimum absolute atomic E-state index is 0.108. The average molecular weight is 984 g/mol. The number of nitrogens with one attached hydrogen (secondary N) is 4. The molecule has 0 spiro atoms. The second kappa shape index (κ2) is 22.2. The average Bonchev–Trinajstić information content (AvgIpc) is 3.93. The number of piperidine rings is 1. The summed E-state index contributed by atoms with van der Waals surface area (Å²) in [4.78, 5) is 34.7. The number of aromatic nitrogens is 3. The predicted molar refractivity (Wildman–Crippen MR) is 284 cm³/mol. The third kappa shape index (κ3) is 11.1. The monoisotopic (exact) mass is 984 g/mol. The van der Waals surface area contributed by atoms with Gasteiger partial charge < -0.3 is 45.6 Å². The highest BCUT2D eigenvalue weighted by Crippen LogP contribution is 2.38. The Hall–Kier alpha value is -6.91. The molecule has 72 heavy (non-hydrogen) atoms. The Kier molecular flexibility index (Phi) is 15.9. The zero-order valence-electron chi connectivity index (χ0n) is 42.7. The number of fused-ring (bicyclic) bond motifs is 2. The normalized spacial score (nSPS) is 17.8. The van der Waals surface area contributed by atoms with Gasteiger partial charge in [-0.25, -0.2) is 8.78 Å². The van der Waals surface area contributed by atoms with Gasteiger partial charge in [-0.1, -0.05) is 38.7 Å². The third-order valence-corrected chi connectivity index (χ3v) is 14.7. The van der Waals surface area contributed by atoms with Crippen LogP contribution in [-0.2, 0) is 31.4 Å². The van der Waals surface area contributed by atoms with E-state index in [2.05, 4.69) is 94.2 Å². The van der Waals surface area contributed by atoms with Crippen molar-refractivity contribution in [1.29, 1.82) is 0 Å². The molecule has 8 rings (SSSR count). The van der Waals surface area contributed by atoms with Gasteiger partial charge in [-0.15, -0.1) is 0 Å². The van der Waals surface area contributed by atoms with Crippen LogP contribution in [0.2, 0.25) is 0 Å². The van der Waals surface area contributed by atoms with Crippen LogP contribution in [0.15, 0.2) is 104 Å². The van der Waals surface area contributed by atoms with E-state index >= 15 is 8.78 Å². The molecule has 2 atom stereocenters. The van der Waals surface area contributed by atoms with Crippen LogP contribution in [0.3, 0.4) is 0 Å². The van der Waals surface area contributed by atoms with Crippen molar-refractivity contribution in [1.82, 2.24) is 39.7 Å². The second-order valence-electron chi connectivity index (χ2n) is 19.5. The summed E-state index contributed by atoms with van der Waals surface area (Å²) in [5, 5.41) is 29.0. The number of benzene rings is 2. The molecule has 0 bridgehead atoms. The van der Waals surface area contributed by atoms with E-state index in [0.29, 0.717) is 93.9 Å². The summed E-state index contributed by atoms with van der Waals surface area (Å²) in [5.41, 5.74) is 8.52. The minimum Gasteiger partial charge on any atom is -0.389 e. The van der Waals surface area contributed by atoms with Gasteiger partial charge in [0, 0.05) is 119 Å². The standard InChI is InChI=1S/C56H71F2N11O3/c1-9-12-41(59-6)19-23-64(7)49-16-22-61-53-45(49)34-51(65(53)8)38(5)66-24-17-39(18-25-66)52-37(4)30-40(31-47(52)58)55(71)68-28-29-69-44(36-68)32-43(63-69)35-56(72)20-26-67(27-21-56)50-15-14-42(33-46(50)57)62-48(13-10-2)54(70)60-11-3/h9,11-12,14-17,19,23,30-34,38,48,59,61-62,72H,1,3,10,13,18,20-22,24-29,35-36H2,2,4-8H3,(H,60,70)/b23-19-,41-12+. The van der Waals surface area contributed by atoms with E-state index in [4.69, 9.17) is 5.10 Å². The number of carbonyl (C=O) groups excluding carboxylic acids is 2. The Bertz CT molecular complexity index is 2790. The lowest BCUT2D eigenvalue weighted by Gasteiger charge is -2.39. The molecule has 0 saturated carbocycles. The van der Waals surface area contributed by atoms with Crippen LogP contribution < -0.4 is 26.2 Å². The van der Waals surface area contributed by atoms with Gasteiger partial charge in [0.2, 0.25) is 5.91 Å². The van der Waals surface area contributed by atoms with Crippen molar-refractivity contribution >= 4 is 40.3 Å². The van der Waals surface area contributed by atoms with Crippen molar-refractivity contribution < 1.29 is 23.5 Å². The van der Waals surface area contributed by atoms with Crippen molar-refractivity contribution in [3.8, 4) is 0 Å². The molecule has 0 aliphatic carbocycles. The van der Waals surface area contributed by atoms with Crippen LogP contribution in [0.5, 0.6) is 0 Å². The van der Waals surface area contributed by atoms with Gasteiger partial charge in [0.05, 0.1) is 35.8 Å². The van der Waals surface area contributed by atoms with Gasteiger partial charge in [-0.3, -0.25) is 19.2 Å². The number of halogens is 2. The van der Waals surface area contributed by atoms with Crippen molar-refractivity contribution in [2.75, 3.05) is 68.9 Å². The molecule has 16 heteroatoms. The first kappa shape index (κ1) is 51.4. The summed E-state index contributed by atoms with van der Waals surface area (Å²) < 4.78 is 35.8. The first-order valence-corrected chi connectivity index (χ1v) is 25.2. The maximum absolute atomic E-state index is 16.2. The number of likely N-dealkylation sites (N-methyl/N-ethyl adjacent to an activating group) is 1. The zero-order chi connectivity index (χ0) is 51.3. The molecule has 14 nitrogen and oxygen atoms in total. The number of aliphatic hydroxyl groups is 1. The molecular weight excluding hydrogens is 913 g/mol.